The number of hydrogen-bond acceptors (Lipinski definition) is 3. The Morgan fingerprint density at radius 3 is 2.59 bits per heavy atom. The summed E-state index contributed by atoms with van der Waals surface area (Å²) in [7, 11) is 0. The van der Waals surface area contributed by atoms with Crippen LogP contribution in [0.3, 0.4) is 0 Å². The van der Waals surface area contributed by atoms with Crippen LogP contribution < -0.4 is 0 Å². The average molecular weight is 255 g/mol. The molecular weight excluding hydrogens is 239 g/mol. The predicted octanol–water partition coefficient (Wildman–Crippen LogP) is 0.954. The van der Waals surface area contributed by atoms with Crippen molar-refractivity contribution in [1.82, 2.24) is 4.90 Å². The number of likely N-dealkylation sites (tertiary alicyclic amines) is 1. The maximum absolute atomic E-state index is 12.4. The van der Waals surface area contributed by atoms with Crippen molar-refractivity contribution < 1.29 is 28.2 Å². The molecule has 0 aromatic rings. The van der Waals surface area contributed by atoms with E-state index in [2.05, 4.69) is 0 Å². The van der Waals surface area contributed by atoms with Crippen molar-refractivity contribution in [2.24, 2.45) is 11.8 Å². The van der Waals surface area contributed by atoms with Crippen molar-refractivity contribution in [3.63, 3.8) is 0 Å². The van der Waals surface area contributed by atoms with E-state index in [1.54, 1.807) is 0 Å². The fraction of sp³-hybridized carbons (Fsp3) is 0.900. The molecule has 4 nitrogen and oxygen atoms in total. The second-order valence-corrected chi connectivity index (χ2v) is 4.36. The highest BCUT2D eigenvalue weighted by Crippen LogP contribution is 2.29. The molecule has 2 atom stereocenters. The van der Waals surface area contributed by atoms with Crippen molar-refractivity contribution in [2.45, 2.75) is 19.0 Å². The minimum atomic E-state index is -4.71. The number of nitrogens with zero attached hydrogens (tertiary/aromatic N) is 1. The zero-order valence-electron chi connectivity index (χ0n) is 9.28. The van der Waals surface area contributed by atoms with Gasteiger partial charge in [-0.2, -0.15) is 13.2 Å². The summed E-state index contributed by atoms with van der Waals surface area (Å²) in [6.45, 7) is 0.409. The van der Waals surface area contributed by atoms with Gasteiger partial charge in [-0.15, -0.1) is 0 Å². The number of aliphatic hydroxyl groups excluding tert-OH is 1. The SMILES string of the molecule is O=C(O)C(CN1CCC(CCO)C1)C(F)(F)F. The molecule has 0 bridgehead atoms. The Labute approximate surface area is 97.0 Å². The molecule has 0 aromatic carbocycles. The number of aliphatic carboxylic acids is 1. The smallest absolute Gasteiger partial charge is 0.403 e. The number of carboxylic acids is 1. The lowest BCUT2D eigenvalue weighted by Crippen LogP contribution is -2.40. The van der Waals surface area contributed by atoms with Gasteiger partial charge < -0.3 is 15.1 Å². The fourth-order valence-corrected chi connectivity index (χ4v) is 2.08. The van der Waals surface area contributed by atoms with E-state index >= 15 is 0 Å². The van der Waals surface area contributed by atoms with Crippen LogP contribution in [0, 0.1) is 11.8 Å². The molecular formula is C10H16F3NO3. The molecule has 1 aliphatic rings. The Hall–Kier alpha value is -0.820. The van der Waals surface area contributed by atoms with Crippen LogP contribution in [0.15, 0.2) is 0 Å². The molecule has 0 saturated carbocycles. The first-order valence-corrected chi connectivity index (χ1v) is 5.47. The molecule has 2 N–H and O–H groups in total. The molecule has 2 unspecified atom stereocenters. The molecule has 17 heavy (non-hydrogen) atoms. The normalized spacial score (nSPS) is 23.9. The first-order valence-electron chi connectivity index (χ1n) is 5.47. The van der Waals surface area contributed by atoms with Crippen LogP contribution in [-0.4, -0.2) is 53.5 Å². The molecule has 1 rings (SSSR count). The second-order valence-electron chi connectivity index (χ2n) is 4.36. The second kappa shape index (κ2) is 5.68. The molecule has 1 fully saturated rings. The summed E-state index contributed by atoms with van der Waals surface area (Å²) in [4.78, 5) is 12.1. The van der Waals surface area contributed by atoms with Gasteiger partial charge in [0.2, 0.25) is 0 Å². The quantitative estimate of drug-likeness (QED) is 0.768. The van der Waals surface area contributed by atoms with Crippen molar-refractivity contribution in [3.8, 4) is 0 Å². The van der Waals surface area contributed by atoms with Crippen LogP contribution in [-0.2, 0) is 4.79 Å². The Morgan fingerprint density at radius 2 is 2.12 bits per heavy atom. The Bertz CT molecular complexity index is 270. The fourth-order valence-electron chi connectivity index (χ4n) is 2.08. The van der Waals surface area contributed by atoms with Gasteiger partial charge in [0.25, 0.3) is 0 Å². The van der Waals surface area contributed by atoms with E-state index in [1.807, 2.05) is 0 Å². The van der Waals surface area contributed by atoms with E-state index in [9.17, 15) is 18.0 Å². The lowest BCUT2D eigenvalue weighted by atomic mass is 10.1. The minimum absolute atomic E-state index is 0.0140. The maximum atomic E-state index is 12.4. The maximum Gasteiger partial charge on any atom is 0.403 e. The van der Waals surface area contributed by atoms with Gasteiger partial charge in [0.05, 0.1) is 0 Å². The average Bonchev–Trinajstić information content (AvgIpc) is 2.60. The number of hydrogen-bond donors (Lipinski definition) is 2. The Kier molecular flexibility index (Phi) is 4.76. The highest BCUT2D eigenvalue weighted by Gasteiger charge is 2.46. The van der Waals surface area contributed by atoms with E-state index in [1.165, 1.54) is 4.90 Å². The number of rotatable bonds is 5. The van der Waals surface area contributed by atoms with Crippen molar-refractivity contribution in [3.05, 3.63) is 0 Å². The monoisotopic (exact) mass is 255 g/mol. The number of carboxylic acid groups (broad SMARTS) is 1. The number of alkyl halides is 3. The Balaban J connectivity index is 2.50. The summed E-state index contributed by atoms with van der Waals surface area (Å²) >= 11 is 0. The molecule has 0 aliphatic carbocycles. The molecule has 0 spiro atoms. The highest BCUT2D eigenvalue weighted by atomic mass is 19.4. The topological polar surface area (TPSA) is 60.8 Å². The third kappa shape index (κ3) is 4.16. The lowest BCUT2D eigenvalue weighted by molar-refractivity contribution is -0.196. The largest absolute Gasteiger partial charge is 0.481 e. The molecule has 1 heterocycles. The summed E-state index contributed by atoms with van der Waals surface area (Å²) < 4.78 is 37.3. The van der Waals surface area contributed by atoms with Gasteiger partial charge in [0.1, 0.15) is 0 Å². The van der Waals surface area contributed by atoms with Gasteiger partial charge in [-0.1, -0.05) is 0 Å². The first-order chi connectivity index (χ1) is 7.84. The molecule has 0 radical (unpaired) electrons. The third-order valence-electron chi connectivity index (χ3n) is 3.04. The molecule has 0 amide bonds. The molecule has 7 heteroatoms. The van der Waals surface area contributed by atoms with E-state index < -0.39 is 24.6 Å². The summed E-state index contributed by atoms with van der Waals surface area (Å²) in [6, 6.07) is 0. The zero-order chi connectivity index (χ0) is 13.1. The van der Waals surface area contributed by atoms with Gasteiger partial charge >= 0.3 is 12.1 Å². The number of carbonyl (C=O) groups is 1. The molecule has 0 aromatic heterocycles. The van der Waals surface area contributed by atoms with Crippen LogP contribution in [0.2, 0.25) is 0 Å². The van der Waals surface area contributed by atoms with Crippen molar-refractivity contribution >= 4 is 5.97 Å². The molecule has 1 saturated heterocycles. The standard InChI is InChI=1S/C10H16F3NO3/c11-10(12,13)8(9(16)17)6-14-3-1-7(5-14)2-4-15/h7-8,15H,1-6H2,(H,16,17). The Morgan fingerprint density at radius 1 is 1.47 bits per heavy atom. The number of halogens is 3. The van der Waals surface area contributed by atoms with Crippen LogP contribution in [0.1, 0.15) is 12.8 Å². The number of aliphatic hydroxyl groups is 1. The summed E-state index contributed by atoms with van der Waals surface area (Å²) in [6.07, 6.45) is -3.44. The molecule has 1 aliphatic heterocycles. The van der Waals surface area contributed by atoms with Crippen LogP contribution in [0.4, 0.5) is 13.2 Å². The van der Waals surface area contributed by atoms with Gasteiger partial charge in [-0.25, -0.2) is 0 Å². The zero-order valence-corrected chi connectivity index (χ0v) is 9.28. The van der Waals surface area contributed by atoms with Crippen LogP contribution in [0.25, 0.3) is 0 Å². The van der Waals surface area contributed by atoms with Crippen LogP contribution >= 0.6 is 0 Å². The van der Waals surface area contributed by atoms with Gasteiger partial charge in [-0.3, -0.25) is 4.79 Å². The van der Waals surface area contributed by atoms with E-state index in [-0.39, 0.29) is 12.5 Å². The summed E-state index contributed by atoms with van der Waals surface area (Å²) in [5.74, 6) is -3.99. The van der Waals surface area contributed by atoms with Crippen molar-refractivity contribution in [2.75, 3.05) is 26.2 Å². The van der Waals surface area contributed by atoms with Crippen LogP contribution in [0.5, 0.6) is 0 Å². The first kappa shape index (κ1) is 14.2. The van der Waals surface area contributed by atoms with E-state index in [0.717, 1.165) is 0 Å². The third-order valence-corrected chi connectivity index (χ3v) is 3.04. The summed E-state index contributed by atoms with van der Waals surface area (Å²) in [5.41, 5.74) is 0. The summed E-state index contributed by atoms with van der Waals surface area (Å²) in [5, 5.41) is 17.3. The van der Waals surface area contributed by atoms with E-state index in [4.69, 9.17) is 10.2 Å². The van der Waals surface area contributed by atoms with E-state index in [0.29, 0.717) is 25.9 Å². The van der Waals surface area contributed by atoms with Crippen molar-refractivity contribution in [1.29, 1.82) is 0 Å². The highest BCUT2D eigenvalue weighted by molar-refractivity contribution is 5.71. The predicted molar refractivity (Wildman–Crippen MR) is 53.4 cm³/mol. The molecule has 100 valence electrons. The minimum Gasteiger partial charge on any atom is -0.481 e. The van der Waals surface area contributed by atoms with Gasteiger partial charge in [0.15, 0.2) is 5.92 Å². The lowest BCUT2D eigenvalue weighted by Gasteiger charge is -2.22. The van der Waals surface area contributed by atoms with Gasteiger partial charge in [-0.05, 0) is 25.3 Å². The van der Waals surface area contributed by atoms with Gasteiger partial charge in [0, 0.05) is 19.7 Å².